The van der Waals surface area contributed by atoms with E-state index in [-0.39, 0.29) is 11.2 Å². The van der Waals surface area contributed by atoms with E-state index in [0.29, 0.717) is 11.5 Å². The van der Waals surface area contributed by atoms with Gasteiger partial charge in [-0.25, -0.2) is 15.0 Å². The molecule has 120 valence electrons. The number of nitrogen functional groups attached to an aromatic ring is 1. The summed E-state index contributed by atoms with van der Waals surface area (Å²) >= 11 is 0. The predicted molar refractivity (Wildman–Crippen MR) is 91.9 cm³/mol. The highest BCUT2D eigenvalue weighted by Crippen LogP contribution is 2.33. The largest absolute Gasteiger partial charge is 0.383 e. The van der Waals surface area contributed by atoms with Gasteiger partial charge in [0.2, 0.25) is 5.95 Å². The van der Waals surface area contributed by atoms with Gasteiger partial charge in [0.25, 0.3) is 0 Å². The molecule has 6 heteroatoms. The van der Waals surface area contributed by atoms with Crippen molar-refractivity contribution in [3.8, 4) is 17.2 Å². The summed E-state index contributed by atoms with van der Waals surface area (Å²) in [6, 6.07) is 4.06. The van der Waals surface area contributed by atoms with Crippen LogP contribution in [0.3, 0.4) is 0 Å². The van der Waals surface area contributed by atoms with Gasteiger partial charge in [-0.15, -0.1) is 0 Å². The summed E-state index contributed by atoms with van der Waals surface area (Å²) in [6.45, 7) is 9.04. The Hall–Kier alpha value is -2.68. The molecule has 2 rings (SSSR count). The van der Waals surface area contributed by atoms with Crippen LogP contribution in [-0.4, -0.2) is 21.5 Å². The molecule has 6 nitrogen and oxygen atoms in total. The van der Waals surface area contributed by atoms with Crippen LogP contribution < -0.4 is 11.1 Å². The van der Waals surface area contributed by atoms with Crippen LogP contribution in [0.2, 0.25) is 0 Å². The third-order valence-electron chi connectivity index (χ3n) is 4.03. The average molecular weight is 310 g/mol. The van der Waals surface area contributed by atoms with Crippen LogP contribution in [0.1, 0.15) is 45.4 Å². The molecule has 0 aromatic carbocycles. The van der Waals surface area contributed by atoms with Crippen LogP contribution in [0.4, 0.5) is 11.8 Å². The van der Waals surface area contributed by atoms with Crippen molar-refractivity contribution in [3.63, 3.8) is 0 Å². The SMILES string of the molecule is CCNc1ncc(-c2cc(C(C)(C)CC)nc(N)c2C#N)cn1. The first-order valence-electron chi connectivity index (χ1n) is 7.70. The van der Waals surface area contributed by atoms with Gasteiger partial charge < -0.3 is 11.1 Å². The number of aromatic nitrogens is 3. The summed E-state index contributed by atoms with van der Waals surface area (Å²) in [6.07, 6.45) is 4.31. The van der Waals surface area contributed by atoms with Crippen LogP contribution in [0.15, 0.2) is 18.5 Å². The lowest BCUT2D eigenvalue weighted by Gasteiger charge is -2.23. The minimum Gasteiger partial charge on any atom is -0.383 e. The molecule has 0 fully saturated rings. The van der Waals surface area contributed by atoms with Gasteiger partial charge in [0.1, 0.15) is 17.5 Å². The number of nitrogens with one attached hydrogen (secondary N) is 1. The highest BCUT2D eigenvalue weighted by Gasteiger charge is 2.23. The fraction of sp³-hybridized carbons (Fsp3) is 0.412. The Labute approximate surface area is 136 Å². The number of hydrogen-bond acceptors (Lipinski definition) is 6. The van der Waals surface area contributed by atoms with Crippen LogP contribution in [0.25, 0.3) is 11.1 Å². The van der Waals surface area contributed by atoms with E-state index in [1.165, 1.54) is 0 Å². The number of rotatable bonds is 5. The van der Waals surface area contributed by atoms with Crippen molar-refractivity contribution in [2.45, 2.75) is 39.5 Å². The first-order valence-corrected chi connectivity index (χ1v) is 7.70. The number of nitrogens with two attached hydrogens (primary N) is 1. The predicted octanol–water partition coefficient (Wildman–Crippen LogP) is 3.11. The Morgan fingerprint density at radius 1 is 1.26 bits per heavy atom. The second-order valence-corrected chi connectivity index (χ2v) is 5.99. The molecular weight excluding hydrogens is 288 g/mol. The van der Waals surface area contributed by atoms with Crippen LogP contribution in [0, 0.1) is 11.3 Å². The summed E-state index contributed by atoms with van der Waals surface area (Å²) in [4.78, 5) is 13.0. The molecule has 2 aromatic heterocycles. The second-order valence-electron chi connectivity index (χ2n) is 5.99. The number of nitrogens with zero attached hydrogens (tertiary/aromatic N) is 4. The lowest BCUT2D eigenvalue weighted by Crippen LogP contribution is -2.19. The molecule has 2 aromatic rings. The van der Waals surface area contributed by atoms with Gasteiger partial charge >= 0.3 is 0 Å². The Balaban J connectivity index is 2.58. The molecule has 0 aliphatic rings. The average Bonchev–Trinajstić information content (AvgIpc) is 2.55. The van der Waals surface area contributed by atoms with Crippen molar-refractivity contribution in [1.82, 2.24) is 15.0 Å². The van der Waals surface area contributed by atoms with Gasteiger partial charge in [0, 0.05) is 41.2 Å². The highest BCUT2D eigenvalue weighted by atomic mass is 15.1. The summed E-state index contributed by atoms with van der Waals surface area (Å²) in [5.41, 5.74) is 8.59. The van der Waals surface area contributed by atoms with Gasteiger partial charge in [-0.05, 0) is 19.4 Å². The van der Waals surface area contributed by atoms with Gasteiger partial charge in [-0.2, -0.15) is 5.26 Å². The molecule has 0 unspecified atom stereocenters. The van der Waals surface area contributed by atoms with Crippen molar-refractivity contribution in [1.29, 1.82) is 5.26 Å². The van der Waals surface area contributed by atoms with E-state index in [1.807, 2.05) is 13.0 Å². The first-order chi connectivity index (χ1) is 10.9. The molecule has 0 aliphatic heterocycles. The zero-order valence-corrected chi connectivity index (χ0v) is 14.0. The normalized spacial score (nSPS) is 11.1. The molecule has 0 radical (unpaired) electrons. The van der Waals surface area contributed by atoms with Crippen molar-refractivity contribution < 1.29 is 0 Å². The third kappa shape index (κ3) is 3.39. The van der Waals surface area contributed by atoms with Crippen molar-refractivity contribution in [3.05, 3.63) is 29.7 Å². The lowest BCUT2D eigenvalue weighted by molar-refractivity contribution is 0.491. The Kier molecular flexibility index (Phi) is 4.80. The Morgan fingerprint density at radius 2 is 1.91 bits per heavy atom. The number of anilines is 2. The molecule has 2 heterocycles. The summed E-state index contributed by atoms with van der Waals surface area (Å²) in [7, 11) is 0. The topological polar surface area (TPSA) is 101 Å². The monoisotopic (exact) mass is 310 g/mol. The smallest absolute Gasteiger partial charge is 0.222 e. The van der Waals surface area contributed by atoms with Gasteiger partial charge in [0.15, 0.2) is 0 Å². The molecule has 0 spiro atoms. The maximum atomic E-state index is 9.43. The lowest BCUT2D eigenvalue weighted by atomic mass is 9.84. The van der Waals surface area contributed by atoms with Crippen LogP contribution >= 0.6 is 0 Å². The third-order valence-corrected chi connectivity index (χ3v) is 4.03. The molecule has 0 amide bonds. The van der Waals surface area contributed by atoms with Crippen molar-refractivity contribution >= 4 is 11.8 Å². The minimum atomic E-state index is -0.124. The van der Waals surface area contributed by atoms with E-state index in [9.17, 15) is 5.26 Å². The fourth-order valence-corrected chi connectivity index (χ4v) is 2.15. The van der Waals surface area contributed by atoms with E-state index in [2.05, 4.69) is 47.1 Å². The van der Waals surface area contributed by atoms with E-state index in [1.54, 1.807) is 12.4 Å². The molecule has 0 saturated heterocycles. The van der Waals surface area contributed by atoms with E-state index < -0.39 is 0 Å². The summed E-state index contributed by atoms with van der Waals surface area (Å²) in [5, 5.41) is 12.5. The molecule has 0 aliphatic carbocycles. The maximum absolute atomic E-state index is 9.43. The summed E-state index contributed by atoms with van der Waals surface area (Å²) in [5.74, 6) is 0.809. The quantitative estimate of drug-likeness (QED) is 0.880. The zero-order valence-electron chi connectivity index (χ0n) is 14.0. The molecule has 3 N–H and O–H groups in total. The van der Waals surface area contributed by atoms with Gasteiger partial charge in [-0.3, -0.25) is 0 Å². The molecule has 0 saturated carbocycles. The van der Waals surface area contributed by atoms with E-state index >= 15 is 0 Å². The Bertz CT molecular complexity index is 728. The van der Waals surface area contributed by atoms with Crippen LogP contribution in [0.5, 0.6) is 0 Å². The van der Waals surface area contributed by atoms with Gasteiger partial charge in [-0.1, -0.05) is 20.8 Å². The molecular formula is C17H22N6. The van der Waals surface area contributed by atoms with Gasteiger partial charge in [0.05, 0.1) is 0 Å². The molecule has 0 bridgehead atoms. The molecule has 23 heavy (non-hydrogen) atoms. The van der Waals surface area contributed by atoms with Crippen molar-refractivity contribution in [2.75, 3.05) is 17.6 Å². The number of nitriles is 1. The zero-order chi connectivity index (χ0) is 17.0. The number of hydrogen-bond donors (Lipinski definition) is 2. The summed E-state index contributed by atoms with van der Waals surface area (Å²) < 4.78 is 0. The first kappa shape index (κ1) is 16.7. The minimum absolute atomic E-state index is 0.124. The van der Waals surface area contributed by atoms with E-state index in [4.69, 9.17) is 5.73 Å². The fourth-order valence-electron chi connectivity index (χ4n) is 2.15. The molecule has 0 atom stereocenters. The maximum Gasteiger partial charge on any atom is 0.222 e. The van der Waals surface area contributed by atoms with Crippen LogP contribution in [-0.2, 0) is 5.41 Å². The number of pyridine rings is 1. The Morgan fingerprint density at radius 3 is 2.43 bits per heavy atom. The highest BCUT2D eigenvalue weighted by molar-refractivity contribution is 5.75. The van der Waals surface area contributed by atoms with Crippen molar-refractivity contribution in [2.24, 2.45) is 0 Å². The standard InChI is InChI=1S/C17H22N6/c1-5-17(3,4)14-7-12(13(8-18)15(19)23-14)11-9-21-16(20-6-2)22-10-11/h7,9-10H,5-6H2,1-4H3,(H2,19,23)(H,20,21,22). The second kappa shape index (κ2) is 6.61. The van der Waals surface area contributed by atoms with E-state index in [0.717, 1.165) is 29.8 Å².